The summed E-state index contributed by atoms with van der Waals surface area (Å²) in [6.07, 6.45) is 4.30. The fourth-order valence-electron chi connectivity index (χ4n) is 3.02. The van der Waals surface area contributed by atoms with E-state index in [0.29, 0.717) is 12.6 Å². The SMILES string of the molecule is NC1=NNC(CCCOc2cccc(CN3CCCC3)c2)N1N. The van der Waals surface area contributed by atoms with E-state index in [9.17, 15) is 0 Å². The van der Waals surface area contributed by atoms with Gasteiger partial charge in [-0.25, -0.2) is 5.84 Å². The van der Waals surface area contributed by atoms with E-state index in [1.807, 2.05) is 6.07 Å². The molecule has 7 nitrogen and oxygen atoms in total. The molecule has 126 valence electrons. The lowest BCUT2D eigenvalue weighted by molar-refractivity contribution is 0.248. The maximum absolute atomic E-state index is 5.86. The Balaban J connectivity index is 1.40. The average Bonchev–Trinajstić information content (AvgIpc) is 3.17. The summed E-state index contributed by atoms with van der Waals surface area (Å²) in [6, 6.07) is 8.38. The van der Waals surface area contributed by atoms with Gasteiger partial charge < -0.3 is 10.5 Å². The number of nitrogens with zero attached hydrogens (tertiary/aromatic N) is 3. The molecule has 0 amide bonds. The first-order chi connectivity index (χ1) is 11.2. The van der Waals surface area contributed by atoms with Crippen molar-refractivity contribution in [2.75, 3.05) is 19.7 Å². The minimum absolute atomic E-state index is 0.0416. The minimum atomic E-state index is -0.0416. The molecule has 0 bridgehead atoms. The van der Waals surface area contributed by atoms with Gasteiger partial charge in [-0.3, -0.25) is 15.3 Å². The van der Waals surface area contributed by atoms with Crippen LogP contribution < -0.4 is 21.7 Å². The Labute approximate surface area is 137 Å². The Morgan fingerprint density at radius 1 is 1.30 bits per heavy atom. The van der Waals surface area contributed by atoms with Crippen LogP contribution in [0, 0.1) is 0 Å². The van der Waals surface area contributed by atoms with Crippen LogP contribution >= 0.6 is 0 Å². The summed E-state index contributed by atoms with van der Waals surface area (Å²) in [6.45, 7) is 4.08. The lowest BCUT2D eigenvalue weighted by Crippen LogP contribution is -2.48. The van der Waals surface area contributed by atoms with Crippen molar-refractivity contribution in [1.29, 1.82) is 0 Å². The van der Waals surface area contributed by atoms with Crippen LogP contribution in [0.3, 0.4) is 0 Å². The van der Waals surface area contributed by atoms with Gasteiger partial charge >= 0.3 is 0 Å². The van der Waals surface area contributed by atoms with E-state index in [2.05, 4.69) is 33.6 Å². The monoisotopic (exact) mass is 318 g/mol. The molecule has 7 heteroatoms. The Morgan fingerprint density at radius 2 is 2.13 bits per heavy atom. The molecular weight excluding hydrogens is 292 g/mol. The zero-order chi connectivity index (χ0) is 16.1. The van der Waals surface area contributed by atoms with Gasteiger partial charge in [0, 0.05) is 6.54 Å². The number of rotatable bonds is 7. The number of hydrogen-bond donors (Lipinski definition) is 3. The summed E-state index contributed by atoms with van der Waals surface area (Å²) in [7, 11) is 0. The Bertz CT molecular complexity index is 543. The van der Waals surface area contributed by atoms with Crippen LogP contribution in [-0.2, 0) is 6.54 Å². The molecule has 1 saturated heterocycles. The van der Waals surface area contributed by atoms with E-state index < -0.39 is 0 Å². The largest absolute Gasteiger partial charge is 0.494 e. The molecule has 0 saturated carbocycles. The number of guanidine groups is 1. The lowest BCUT2D eigenvalue weighted by atomic mass is 10.2. The highest BCUT2D eigenvalue weighted by molar-refractivity contribution is 5.78. The number of hydrazine groups is 1. The van der Waals surface area contributed by atoms with Crippen LogP contribution in [0.15, 0.2) is 29.4 Å². The topological polar surface area (TPSA) is 92.1 Å². The quantitative estimate of drug-likeness (QED) is 0.508. The summed E-state index contributed by atoms with van der Waals surface area (Å²) < 4.78 is 5.86. The van der Waals surface area contributed by atoms with Gasteiger partial charge in [-0.05, 0) is 56.5 Å². The van der Waals surface area contributed by atoms with Gasteiger partial charge in [0.1, 0.15) is 11.9 Å². The van der Waals surface area contributed by atoms with Crippen molar-refractivity contribution in [3.63, 3.8) is 0 Å². The first-order valence-corrected chi connectivity index (χ1v) is 8.29. The standard InChI is InChI=1S/C16H26N6O/c17-16-20-19-15(22(16)18)7-4-10-23-14-6-3-5-13(11-14)12-21-8-1-2-9-21/h3,5-6,11,15,19H,1-2,4,7-10,12,18H2,(H2,17,20). The molecule has 23 heavy (non-hydrogen) atoms. The first kappa shape index (κ1) is 15.9. The molecule has 1 aromatic rings. The van der Waals surface area contributed by atoms with Crippen molar-refractivity contribution < 1.29 is 4.74 Å². The van der Waals surface area contributed by atoms with E-state index in [0.717, 1.165) is 25.1 Å². The van der Waals surface area contributed by atoms with Gasteiger partial charge in [-0.1, -0.05) is 12.1 Å². The number of ether oxygens (including phenoxy) is 1. The van der Waals surface area contributed by atoms with Crippen molar-refractivity contribution in [3.8, 4) is 5.75 Å². The third kappa shape index (κ3) is 4.27. The summed E-state index contributed by atoms with van der Waals surface area (Å²) in [5.74, 6) is 7.04. The number of nitrogens with one attached hydrogen (secondary N) is 1. The molecule has 0 aliphatic carbocycles. The van der Waals surface area contributed by atoms with Crippen molar-refractivity contribution in [3.05, 3.63) is 29.8 Å². The second-order valence-electron chi connectivity index (χ2n) is 6.14. The van der Waals surface area contributed by atoms with Gasteiger partial charge in [0.2, 0.25) is 5.96 Å². The van der Waals surface area contributed by atoms with Crippen molar-refractivity contribution >= 4 is 5.96 Å². The van der Waals surface area contributed by atoms with Gasteiger partial charge in [0.05, 0.1) is 6.61 Å². The van der Waals surface area contributed by atoms with E-state index in [4.69, 9.17) is 16.3 Å². The number of benzene rings is 1. The Hall–Kier alpha value is -1.99. The normalized spacial score (nSPS) is 21.3. The van der Waals surface area contributed by atoms with Gasteiger partial charge in [-0.15, -0.1) is 5.10 Å². The van der Waals surface area contributed by atoms with Gasteiger partial charge in [0.25, 0.3) is 0 Å². The molecule has 5 N–H and O–H groups in total. The number of likely N-dealkylation sites (tertiary alicyclic amines) is 1. The number of hydrazone groups is 1. The summed E-state index contributed by atoms with van der Waals surface area (Å²) in [4.78, 5) is 2.49. The molecular formula is C16H26N6O. The molecule has 2 aliphatic heterocycles. The van der Waals surface area contributed by atoms with E-state index >= 15 is 0 Å². The second kappa shape index (κ2) is 7.52. The molecule has 0 spiro atoms. The summed E-state index contributed by atoms with van der Waals surface area (Å²) in [5.41, 5.74) is 9.82. The highest BCUT2D eigenvalue weighted by Crippen LogP contribution is 2.18. The molecule has 3 rings (SSSR count). The summed E-state index contributed by atoms with van der Waals surface area (Å²) in [5, 5.41) is 5.35. The van der Waals surface area contributed by atoms with Crippen LogP contribution in [-0.4, -0.2) is 41.7 Å². The first-order valence-electron chi connectivity index (χ1n) is 8.29. The molecule has 1 unspecified atom stereocenters. The van der Waals surface area contributed by atoms with Crippen LogP contribution in [0.2, 0.25) is 0 Å². The fourth-order valence-corrected chi connectivity index (χ4v) is 3.02. The van der Waals surface area contributed by atoms with Crippen LogP contribution in [0.4, 0.5) is 0 Å². The van der Waals surface area contributed by atoms with Crippen molar-refractivity contribution in [2.45, 2.75) is 38.4 Å². The fraction of sp³-hybridized carbons (Fsp3) is 0.562. The maximum atomic E-state index is 5.86. The number of nitrogens with two attached hydrogens (primary N) is 2. The van der Waals surface area contributed by atoms with E-state index in [-0.39, 0.29) is 6.17 Å². The van der Waals surface area contributed by atoms with Crippen LogP contribution in [0.5, 0.6) is 5.75 Å². The molecule has 1 atom stereocenters. The average molecular weight is 318 g/mol. The predicted octanol–water partition coefficient (Wildman–Crippen LogP) is 0.776. The van der Waals surface area contributed by atoms with E-state index in [1.54, 1.807) is 0 Å². The molecule has 1 aromatic carbocycles. The molecule has 1 fully saturated rings. The maximum Gasteiger partial charge on any atom is 0.229 e. The smallest absolute Gasteiger partial charge is 0.229 e. The third-order valence-electron chi connectivity index (χ3n) is 4.32. The summed E-state index contributed by atoms with van der Waals surface area (Å²) >= 11 is 0. The predicted molar refractivity (Wildman–Crippen MR) is 90.3 cm³/mol. The van der Waals surface area contributed by atoms with Crippen molar-refractivity contribution in [2.24, 2.45) is 16.7 Å². The minimum Gasteiger partial charge on any atom is -0.494 e. The van der Waals surface area contributed by atoms with Crippen LogP contribution in [0.1, 0.15) is 31.2 Å². The molecule has 0 radical (unpaired) electrons. The zero-order valence-corrected chi connectivity index (χ0v) is 13.4. The second-order valence-corrected chi connectivity index (χ2v) is 6.14. The van der Waals surface area contributed by atoms with Crippen LogP contribution in [0.25, 0.3) is 0 Å². The van der Waals surface area contributed by atoms with Gasteiger partial charge in [-0.2, -0.15) is 0 Å². The lowest BCUT2D eigenvalue weighted by Gasteiger charge is -2.20. The molecule has 0 aromatic heterocycles. The van der Waals surface area contributed by atoms with E-state index in [1.165, 1.54) is 36.5 Å². The molecule has 2 heterocycles. The zero-order valence-electron chi connectivity index (χ0n) is 13.4. The van der Waals surface area contributed by atoms with Crippen molar-refractivity contribution in [1.82, 2.24) is 15.3 Å². The number of hydrogen-bond acceptors (Lipinski definition) is 7. The highest BCUT2D eigenvalue weighted by atomic mass is 16.5. The molecule has 2 aliphatic rings. The Kier molecular flexibility index (Phi) is 5.19. The highest BCUT2D eigenvalue weighted by Gasteiger charge is 2.21. The van der Waals surface area contributed by atoms with Gasteiger partial charge in [0.15, 0.2) is 0 Å². The third-order valence-corrected chi connectivity index (χ3v) is 4.32. The Morgan fingerprint density at radius 3 is 2.87 bits per heavy atom.